The molecule has 1 atom stereocenters. The van der Waals surface area contributed by atoms with Crippen molar-refractivity contribution in [1.82, 2.24) is 10.2 Å². The van der Waals surface area contributed by atoms with Crippen LogP contribution in [0.3, 0.4) is 0 Å². The Balaban J connectivity index is 1.97. The minimum Gasteiger partial charge on any atom is -0.497 e. The lowest BCUT2D eigenvalue weighted by Crippen LogP contribution is -2.38. The molecule has 2 rings (SSSR count). The average Bonchev–Trinajstić information content (AvgIpc) is 2.75. The van der Waals surface area contributed by atoms with E-state index < -0.39 is 18.0 Å². The van der Waals surface area contributed by atoms with Crippen molar-refractivity contribution in [2.75, 3.05) is 19.0 Å². The molecule has 1 fully saturated rings. The predicted octanol–water partition coefficient (Wildman–Crippen LogP) is 1.35. The number of methoxy groups -OCH3 is 1. The van der Waals surface area contributed by atoms with E-state index in [1.807, 2.05) is 6.92 Å². The molecule has 0 aliphatic carbocycles. The Morgan fingerprint density at radius 3 is 2.86 bits per heavy atom. The minimum absolute atomic E-state index is 0.303. The van der Waals surface area contributed by atoms with Crippen molar-refractivity contribution >= 4 is 23.5 Å². The molecule has 7 nitrogen and oxygen atoms in total. The van der Waals surface area contributed by atoms with Gasteiger partial charge in [0.25, 0.3) is 5.91 Å². The average molecular weight is 305 g/mol. The van der Waals surface area contributed by atoms with Gasteiger partial charge in [-0.05, 0) is 18.6 Å². The van der Waals surface area contributed by atoms with Gasteiger partial charge in [-0.2, -0.15) is 0 Å². The highest BCUT2D eigenvalue weighted by Gasteiger charge is 2.38. The molecule has 1 unspecified atom stereocenters. The SMILES string of the molecule is CCCC1NC(=O)N(CC(=O)Nc2cccc(OC)c2)C1=O. The number of rotatable bonds is 6. The summed E-state index contributed by atoms with van der Waals surface area (Å²) in [6.45, 7) is 1.62. The first kappa shape index (κ1) is 15.8. The van der Waals surface area contributed by atoms with Crippen LogP contribution in [0.1, 0.15) is 19.8 Å². The van der Waals surface area contributed by atoms with Crippen LogP contribution in [0.15, 0.2) is 24.3 Å². The van der Waals surface area contributed by atoms with Crippen LogP contribution in [-0.4, -0.2) is 42.4 Å². The standard InChI is InChI=1S/C15H19N3O4/c1-3-5-12-14(20)18(15(21)17-12)9-13(19)16-10-6-4-7-11(8-10)22-2/h4,6-8,12H,3,5,9H2,1-2H3,(H,16,19)(H,17,21). The molecule has 118 valence electrons. The number of nitrogens with zero attached hydrogens (tertiary/aromatic N) is 1. The predicted molar refractivity (Wildman–Crippen MR) is 80.6 cm³/mol. The Kier molecular flexibility index (Phi) is 4.98. The molecule has 1 aromatic rings. The summed E-state index contributed by atoms with van der Waals surface area (Å²) in [4.78, 5) is 36.7. The number of carbonyl (C=O) groups excluding carboxylic acids is 3. The van der Waals surface area contributed by atoms with E-state index in [9.17, 15) is 14.4 Å². The molecule has 1 aliphatic rings. The van der Waals surface area contributed by atoms with E-state index in [0.29, 0.717) is 17.9 Å². The molecule has 1 heterocycles. The van der Waals surface area contributed by atoms with Crippen molar-refractivity contribution in [3.05, 3.63) is 24.3 Å². The molecule has 0 aromatic heterocycles. The summed E-state index contributed by atoms with van der Waals surface area (Å²) in [5.74, 6) is -0.183. The Hall–Kier alpha value is -2.57. The van der Waals surface area contributed by atoms with Gasteiger partial charge in [0.2, 0.25) is 5.91 Å². The van der Waals surface area contributed by atoms with Crippen LogP contribution >= 0.6 is 0 Å². The number of carbonyl (C=O) groups is 3. The third-order valence-electron chi connectivity index (χ3n) is 3.34. The Bertz CT molecular complexity index is 588. The van der Waals surface area contributed by atoms with Crippen molar-refractivity contribution in [1.29, 1.82) is 0 Å². The van der Waals surface area contributed by atoms with Gasteiger partial charge in [0, 0.05) is 11.8 Å². The minimum atomic E-state index is -0.526. The van der Waals surface area contributed by atoms with Gasteiger partial charge in [0.15, 0.2) is 0 Å². The first-order chi connectivity index (χ1) is 10.5. The van der Waals surface area contributed by atoms with Gasteiger partial charge in [-0.15, -0.1) is 0 Å². The highest BCUT2D eigenvalue weighted by atomic mass is 16.5. The van der Waals surface area contributed by atoms with E-state index in [2.05, 4.69) is 10.6 Å². The zero-order valence-corrected chi connectivity index (χ0v) is 12.6. The van der Waals surface area contributed by atoms with Gasteiger partial charge in [0.05, 0.1) is 7.11 Å². The van der Waals surface area contributed by atoms with Crippen molar-refractivity contribution in [2.45, 2.75) is 25.8 Å². The molecule has 1 aliphatic heterocycles. The number of hydrogen-bond donors (Lipinski definition) is 2. The summed E-state index contributed by atoms with van der Waals surface area (Å²) in [6.07, 6.45) is 1.35. The Morgan fingerprint density at radius 2 is 2.18 bits per heavy atom. The topological polar surface area (TPSA) is 87.7 Å². The summed E-state index contributed by atoms with van der Waals surface area (Å²) in [7, 11) is 1.53. The summed E-state index contributed by atoms with van der Waals surface area (Å²) in [5.41, 5.74) is 0.543. The van der Waals surface area contributed by atoms with Crippen LogP contribution < -0.4 is 15.4 Å². The lowest BCUT2D eigenvalue weighted by Gasteiger charge is -2.13. The molecule has 1 aromatic carbocycles. The van der Waals surface area contributed by atoms with Gasteiger partial charge >= 0.3 is 6.03 Å². The lowest BCUT2D eigenvalue weighted by atomic mass is 10.2. The van der Waals surface area contributed by atoms with E-state index in [1.165, 1.54) is 7.11 Å². The van der Waals surface area contributed by atoms with Crippen LogP contribution in [0.4, 0.5) is 10.5 Å². The fourth-order valence-corrected chi connectivity index (χ4v) is 2.26. The van der Waals surface area contributed by atoms with Crippen LogP contribution in [-0.2, 0) is 9.59 Å². The number of nitrogens with one attached hydrogen (secondary N) is 2. The molecule has 0 bridgehead atoms. The van der Waals surface area contributed by atoms with Crippen molar-refractivity contribution in [3.63, 3.8) is 0 Å². The molecular formula is C15H19N3O4. The van der Waals surface area contributed by atoms with Gasteiger partial charge in [0.1, 0.15) is 18.3 Å². The maximum absolute atomic E-state index is 12.0. The molecule has 0 radical (unpaired) electrons. The van der Waals surface area contributed by atoms with Crippen LogP contribution in [0.25, 0.3) is 0 Å². The molecule has 22 heavy (non-hydrogen) atoms. The maximum atomic E-state index is 12.0. The second-order valence-electron chi connectivity index (χ2n) is 5.00. The van der Waals surface area contributed by atoms with Crippen LogP contribution in [0.2, 0.25) is 0 Å². The van der Waals surface area contributed by atoms with Crippen LogP contribution in [0.5, 0.6) is 5.75 Å². The lowest BCUT2D eigenvalue weighted by molar-refractivity contribution is -0.130. The molecule has 7 heteroatoms. The first-order valence-electron chi connectivity index (χ1n) is 7.11. The third kappa shape index (κ3) is 3.55. The fourth-order valence-electron chi connectivity index (χ4n) is 2.26. The maximum Gasteiger partial charge on any atom is 0.325 e. The molecule has 1 saturated heterocycles. The number of amides is 4. The monoisotopic (exact) mass is 305 g/mol. The molecular weight excluding hydrogens is 286 g/mol. The zero-order chi connectivity index (χ0) is 16.1. The van der Waals surface area contributed by atoms with Crippen molar-refractivity contribution in [2.24, 2.45) is 0 Å². The highest BCUT2D eigenvalue weighted by molar-refractivity contribution is 6.07. The Labute approximate surface area is 128 Å². The summed E-state index contributed by atoms with van der Waals surface area (Å²) in [5, 5.41) is 5.22. The number of anilines is 1. The summed E-state index contributed by atoms with van der Waals surface area (Å²) < 4.78 is 5.06. The first-order valence-corrected chi connectivity index (χ1v) is 7.11. The second-order valence-corrected chi connectivity index (χ2v) is 5.00. The molecule has 0 spiro atoms. The molecule has 2 N–H and O–H groups in total. The van der Waals surface area contributed by atoms with E-state index in [-0.39, 0.29) is 12.5 Å². The quantitative estimate of drug-likeness (QED) is 0.777. The molecule has 0 saturated carbocycles. The normalized spacial score (nSPS) is 17.4. The zero-order valence-electron chi connectivity index (χ0n) is 12.6. The molecule has 4 amide bonds. The third-order valence-corrected chi connectivity index (χ3v) is 3.34. The second kappa shape index (κ2) is 6.93. The van der Waals surface area contributed by atoms with E-state index in [1.54, 1.807) is 24.3 Å². The summed E-state index contributed by atoms with van der Waals surface area (Å²) >= 11 is 0. The van der Waals surface area contributed by atoms with Gasteiger partial charge in [-0.1, -0.05) is 19.4 Å². The fraction of sp³-hybridized carbons (Fsp3) is 0.400. The van der Waals surface area contributed by atoms with Gasteiger partial charge in [-0.25, -0.2) is 4.79 Å². The largest absolute Gasteiger partial charge is 0.497 e. The number of ether oxygens (including phenoxy) is 1. The van der Waals surface area contributed by atoms with E-state index in [0.717, 1.165) is 11.3 Å². The van der Waals surface area contributed by atoms with Crippen LogP contribution in [0, 0.1) is 0 Å². The number of benzene rings is 1. The number of urea groups is 1. The van der Waals surface area contributed by atoms with Crippen molar-refractivity contribution in [3.8, 4) is 5.75 Å². The number of hydrogen-bond acceptors (Lipinski definition) is 4. The van der Waals surface area contributed by atoms with E-state index in [4.69, 9.17) is 4.74 Å². The Morgan fingerprint density at radius 1 is 1.41 bits per heavy atom. The van der Waals surface area contributed by atoms with Gasteiger partial charge in [-0.3, -0.25) is 14.5 Å². The van der Waals surface area contributed by atoms with Gasteiger partial charge < -0.3 is 15.4 Å². The van der Waals surface area contributed by atoms with Crippen molar-refractivity contribution < 1.29 is 19.1 Å². The van der Waals surface area contributed by atoms with E-state index >= 15 is 0 Å². The smallest absolute Gasteiger partial charge is 0.325 e. The number of imide groups is 1. The summed E-state index contributed by atoms with van der Waals surface area (Å²) in [6, 6.07) is 5.80. The highest BCUT2D eigenvalue weighted by Crippen LogP contribution is 2.17.